The van der Waals surface area contributed by atoms with E-state index in [4.69, 9.17) is 4.42 Å². The third kappa shape index (κ3) is 2.77. The van der Waals surface area contributed by atoms with Crippen LogP contribution in [0.2, 0.25) is 0 Å². The van der Waals surface area contributed by atoms with Crippen LogP contribution in [0, 0.1) is 5.82 Å². The van der Waals surface area contributed by atoms with Gasteiger partial charge in [0.05, 0.1) is 6.54 Å². The molecule has 1 aromatic heterocycles. The van der Waals surface area contributed by atoms with Crippen LogP contribution in [-0.2, 0) is 6.54 Å². The summed E-state index contributed by atoms with van der Waals surface area (Å²) in [7, 11) is 0. The van der Waals surface area contributed by atoms with Crippen molar-refractivity contribution in [3.63, 3.8) is 0 Å². The molecule has 116 valence electrons. The molecule has 0 unspecified atom stereocenters. The van der Waals surface area contributed by atoms with Gasteiger partial charge in [-0.25, -0.2) is 4.39 Å². The molecule has 4 rings (SSSR count). The Kier molecular flexibility index (Phi) is 3.45. The van der Waals surface area contributed by atoms with Crippen LogP contribution in [0.1, 0.15) is 61.9 Å². The highest BCUT2D eigenvalue weighted by Gasteiger charge is 2.35. The van der Waals surface area contributed by atoms with Gasteiger partial charge in [0.15, 0.2) is 0 Å². The summed E-state index contributed by atoms with van der Waals surface area (Å²) in [4.78, 5) is 2.28. The van der Waals surface area contributed by atoms with Crippen LogP contribution in [0.25, 0.3) is 0 Å². The van der Waals surface area contributed by atoms with Gasteiger partial charge in [-0.15, -0.1) is 10.2 Å². The van der Waals surface area contributed by atoms with Crippen molar-refractivity contribution in [1.29, 1.82) is 0 Å². The zero-order chi connectivity index (χ0) is 15.1. The number of benzene rings is 1. The van der Waals surface area contributed by atoms with Crippen LogP contribution in [-0.4, -0.2) is 21.1 Å². The van der Waals surface area contributed by atoms with Crippen molar-refractivity contribution in [1.82, 2.24) is 15.1 Å². The lowest BCUT2D eigenvalue weighted by Crippen LogP contribution is -2.29. The summed E-state index contributed by atoms with van der Waals surface area (Å²) in [6.07, 6.45) is 4.62. The smallest absolute Gasteiger partial charge is 0.230 e. The first-order chi connectivity index (χ1) is 10.7. The fraction of sp³-hybridized carbons (Fsp3) is 0.529. The average Bonchev–Trinajstić information content (AvgIpc) is 3.44. The van der Waals surface area contributed by atoms with E-state index in [0.29, 0.717) is 24.4 Å². The molecule has 2 fully saturated rings. The lowest BCUT2D eigenvalue weighted by atomic mass is 10.1. The molecule has 0 saturated heterocycles. The maximum Gasteiger partial charge on any atom is 0.230 e. The lowest BCUT2D eigenvalue weighted by Gasteiger charge is -2.28. The van der Waals surface area contributed by atoms with Crippen molar-refractivity contribution in [3.05, 3.63) is 47.4 Å². The highest BCUT2D eigenvalue weighted by atomic mass is 19.1. The minimum Gasteiger partial charge on any atom is -0.424 e. The molecular formula is C17H20FN3O. The van der Waals surface area contributed by atoms with Crippen molar-refractivity contribution in [2.24, 2.45) is 0 Å². The van der Waals surface area contributed by atoms with Gasteiger partial charge in [-0.2, -0.15) is 0 Å². The lowest BCUT2D eigenvalue weighted by molar-refractivity contribution is 0.168. The van der Waals surface area contributed by atoms with Crippen LogP contribution in [0.3, 0.4) is 0 Å². The summed E-state index contributed by atoms with van der Waals surface area (Å²) < 4.78 is 19.8. The number of hydrogen-bond acceptors (Lipinski definition) is 4. The Balaban J connectivity index is 1.53. The molecule has 2 aliphatic carbocycles. The first-order valence-corrected chi connectivity index (χ1v) is 8.05. The predicted octanol–water partition coefficient (Wildman–Crippen LogP) is 3.81. The molecule has 0 N–H and O–H groups in total. The molecule has 2 aliphatic rings. The van der Waals surface area contributed by atoms with Crippen molar-refractivity contribution >= 4 is 0 Å². The minimum absolute atomic E-state index is 0.00461. The van der Waals surface area contributed by atoms with E-state index in [1.165, 1.54) is 6.07 Å². The molecule has 4 nitrogen and oxygen atoms in total. The number of rotatable bonds is 6. The van der Waals surface area contributed by atoms with Crippen LogP contribution >= 0.6 is 0 Å². The first-order valence-electron chi connectivity index (χ1n) is 8.05. The maximum atomic E-state index is 14.1. The van der Waals surface area contributed by atoms with Crippen LogP contribution in [0.5, 0.6) is 0 Å². The largest absolute Gasteiger partial charge is 0.424 e. The van der Waals surface area contributed by atoms with E-state index >= 15 is 0 Å². The van der Waals surface area contributed by atoms with Crippen LogP contribution in [0.4, 0.5) is 4.39 Å². The molecule has 2 saturated carbocycles. The summed E-state index contributed by atoms with van der Waals surface area (Å²) >= 11 is 0. The van der Waals surface area contributed by atoms with Gasteiger partial charge in [0.25, 0.3) is 0 Å². The normalized spacial score (nSPS) is 19.6. The Bertz CT molecular complexity index is 663. The summed E-state index contributed by atoms with van der Waals surface area (Å²) in [5.74, 6) is 1.74. The number of nitrogens with zero attached hydrogens (tertiary/aromatic N) is 3. The number of hydrogen-bond donors (Lipinski definition) is 0. The van der Waals surface area contributed by atoms with Crippen molar-refractivity contribution in [2.75, 3.05) is 0 Å². The minimum atomic E-state index is -0.148. The Morgan fingerprint density at radius 2 is 2.00 bits per heavy atom. The monoisotopic (exact) mass is 301 g/mol. The van der Waals surface area contributed by atoms with Gasteiger partial charge >= 0.3 is 0 Å². The Morgan fingerprint density at radius 3 is 2.68 bits per heavy atom. The van der Waals surface area contributed by atoms with E-state index in [9.17, 15) is 4.39 Å². The van der Waals surface area contributed by atoms with Crippen molar-refractivity contribution < 1.29 is 8.81 Å². The first kappa shape index (κ1) is 13.9. The molecular weight excluding hydrogens is 281 g/mol. The maximum absolute atomic E-state index is 14.1. The van der Waals surface area contributed by atoms with E-state index in [2.05, 4.69) is 22.0 Å². The summed E-state index contributed by atoms with van der Waals surface area (Å²) in [5.41, 5.74) is 0.733. The second-order valence-corrected chi connectivity index (χ2v) is 6.41. The molecule has 0 amide bonds. The van der Waals surface area contributed by atoms with Crippen LogP contribution in [0.15, 0.2) is 28.7 Å². The van der Waals surface area contributed by atoms with Gasteiger partial charge in [0.1, 0.15) is 5.82 Å². The molecule has 1 atom stereocenters. The number of halogens is 1. The van der Waals surface area contributed by atoms with Gasteiger partial charge in [-0.1, -0.05) is 18.2 Å². The second kappa shape index (κ2) is 5.47. The molecule has 1 heterocycles. The Morgan fingerprint density at radius 1 is 1.23 bits per heavy atom. The average molecular weight is 301 g/mol. The molecule has 5 heteroatoms. The molecule has 0 aliphatic heterocycles. The van der Waals surface area contributed by atoms with E-state index < -0.39 is 0 Å². The Hall–Kier alpha value is -1.75. The third-order valence-electron chi connectivity index (χ3n) is 4.60. The molecule has 0 radical (unpaired) electrons. The van der Waals surface area contributed by atoms with Crippen molar-refractivity contribution in [2.45, 2.75) is 57.2 Å². The highest BCUT2D eigenvalue weighted by molar-refractivity contribution is 5.21. The van der Waals surface area contributed by atoms with E-state index in [0.717, 1.165) is 37.1 Å². The SMILES string of the molecule is C[C@H](c1ccccc1F)N(Cc1nnc(C2CC2)o1)C1CC1. The zero-order valence-corrected chi connectivity index (χ0v) is 12.7. The van der Waals surface area contributed by atoms with E-state index in [1.54, 1.807) is 6.07 Å². The van der Waals surface area contributed by atoms with Gasteiger partial charge in [0.2, 0.25) is 11.8 Å². The van der Waals surface area contributed by atoms with E-state index in [-0.39, 0.29) is 11.9 Å². The summed E-state index contributed by atoms with van der Waals surface area (Å²) in [6, 6.07) is 7.49. The number of aromatic nitrogens is 2. The summed E-state index contributed by atoms with van der Waals surface area (Å²) in [6.45, 7) is 2.65. The fourth-order valence-electron chi connectivity index (χ4n) is 2.96. The quantitative estimate of drug-likeness (QED) is 0.813. The molecule has 0 bridgehead atoms. The van der Waals surface area contributed by atoms with Crippen molar-refractivity contribution in [3.8, 4) is 0 Å². The zero-order valence-electron chi connectivity index (χ0n) is 12.7. The topological polar surface area (TPSA) is 42.2 Å². The third-order valence-corrected chi connectivity index (χ3v) is 4.60. The van der Waals surface area contributed by atoms with Gasteiger partial charge in [-0.3, -0.25) is 4.90 Å². The van der Waals surface area contributed by atoms with Crippen LogP contribution < -0.4 is 0 Å². The predicted molar refractivity (Wildman–Crippen MR) is 79.7 cm³/mol. The molecule has 0 spiro atoms. The second-order valence-electron chi connectivity index (χ2n) is 6.41. The molecule has 22 heavy (non-hydrogen) atoms. The molecule has 1 aromatic carbocycles. The Labute approximate surface area is 129 Å². The fourth-order valence-corrected chi connectivity index (χ4v) is 2.96. The van der Waals surface area contributed by atoms with Gasteiger partial charge < -0.3 is 4.42 Å². The van der Waals surface area contributed by atoms with Gasteiger partial charge in [0, 0.05) is 23.6 Å². The summed E-state index contributed by atoms with van der Waals surface area (Å²) in [5, 5.41) is 8.32. The van der Waals surface area contributed by atoms with Gasteiger partial charge in [-0.05, 0) is 38.7 Å². The standard InChI is InChI=1S/C17H20FN3O/c1-11(14-4-2-3-5-15(14)18)21(13-8-9-13)10-16-19-20-17(22-16)12-6-7-12/h2-5,11-13H,6-10H2,1H3/t11-/m1/s1. The molecule has 2 aromatic rings. The van der Waals surface area contributed by atoms with E-state index in [1.807, 2.05) is 12.1 Å². The highest BCUT2D eigenvalue weighted by Crippen LogP contribution is 2.40.